The lowest BCUT2D eigenvalue weighted by atomic mass is 10.2. The first-order chi connectivity index (χ1) is 11.0. The Morgan fingerprint density at radius 2 is 1.96 bits per heavy atom. The van der Waals surface area contributed by atoms with Crippen molar-refractivity contribution in [2.75, 3.05) is 7.05 Å². The summed E-state index contributed by atoms with van der Waals surface area (Å²) in [5.41, 5.74) is 1.18. The highest BCUT2D eigenvalue weighted by molar-refractivity contribution is 14.0. The molecule has 2 aromatic rings. The summed E-state index contributed by atoms with van der Waals surface area (Å²) >= 11 is 1.63. The zero-order valence-corrected chi connectivity index (χ0v) is 16.9. The molecule has 8 heteroatoms. The van der Waals surface area contributed by atoms with Crippen molar-refractivity contribution in [1.29, 1.82) is 0 Å². The number of aliphatic imine (C=N–C) groups is 1. The molecule has 0 fully saturated rings. The summed E-state index contributed by atoms with van der Waals surface area (Å²) < 4.78 is 26.7. The molecule has 0 amide bonds. The predicted molar refractivity (Wildman–Crippen MR) is 105 cm³/mol. The first-order valence-corrected chi connectivity index (χ1v) is 8.20. The second-order valence-electron chi connectivity index (χ2n) is 5.35. The largest absolute Gasteiger partial charge is 0.352 e. The zero-order chi connectivity index (χ0) is 16.8. The summed E-state index contributed by atoms with van der Waals surface area (Å²) in [6.45, 7) is 4.88. The number of nitrogens with one attached hydrogen (secondary N) is 2. The van der Waals surface area contributed by atoms with Crippen LogP contribution in [0.4, 0.5) is 8.78 Å². The van der Waals surface area contributed by atoms with E-state index in [1.165, 1.54) is 6.07 Å². The van der Waals surface area contributed by atoms with E-state index in [9.17, 15) is 8.78 Å². The molecule has 4 nitrogen and oxygen atoms in total. The van der Waals surface area contributed by atoms with E-state index < -0.39 is 11.6 Å². The van der Waals surface area contributed by atoms with Gasteiger partial charge in [0.2, 0.25) is 0 Å². The molecule has 0 aliphatic carbocycles. The van der Waals surface area contributed by atoms with Crippen LogP contribution in [0.25, 0.3) is 0 Å². The molecule has 1 heterocycles. The Bertz CT molecular complexity index is 688. The number of hydrogen-bond donors (Lipinski definition) is 2. The smallest absolute Gasteiger partial charge is 0.191 e. The molecule has 1 aromatic carbocycles. The molecule has 0 aliphatic rings. The third kappa shape index (κ3) is 5.97. The second kappa shape index (κ2) is 9.87. The third-order valence-corrected chi connectivity index (χ3v) is 4.37. The Morgan fingerprint density at radius 3 is 2.58 bits per heavy atom. The van der Waals surface area contributed by atoms with Gasteiger partial charge >= 0.3 is 0 Å². The van der Waals surface area contributed by atoms with Gasteiger partial charge in [-0.3, -0.25) is 4.99 Å². The Hall–Kier alpha value is -1.29. The number of benzene rings is 1. The average molecular weight is 466 g/mol. The lowest BCUT2D eigenvalue weighted by Gasteiger charge is -2.11. The van der Waals surface area contributed by atoms with Crippen LogP contribution in [0.2, 0.25) is 0 Å². The van der Waals surface area contributed by atoms with Crippen molar-refractivity contribution in [1.82, 2.24) is 15.6 Å². The summed E-state index contributed by atoms with van der Waals surface area (Å²) in [7, 11) is 1.62. The SMILES string of the molecule is CN=C(NCc1csc(C(C)C)n1)NCc1cc(F)ccc1F.I. The number of aromatic nitrogens is 1. The van der Waals surface area contributed by atoms with E-state index in [1.54, 1.807) is 18.4 Å². The van der Waals surface area contributed by atoms with Gasteiger partial charge in [-0.2, -0.15) is 0 Å². The Kier molecular flexibility index (Phi) is 8.54. The predicted octanol–water partition coefficient (Wildman–Crippen LogP) is 4.03. The van der Waals surface area contributed by atoms with Gasteiger partial charge in [0.05, 0.1) is 17.2 Å². The second-order valence-corrected chi connectivity index (χ2v) is 6.24. The molecular formula is C16H21F2IN4S. The van der Waals surface area contributed by atoms with Gasteiger partial charge in [0.15, 0.2) is 5.96 Å². The van der Waals surface area contributed by atoms with E-state index in [2.05, 4.69) is 34.5 Å². The summed E-state index contributed by atoms with van der Waals surface area (Å²) in [4.78, 5) is 8.59. The number of rotatable bonds is 5. The molecule has 0 saturated carbocycles. The maximum atomic E-state index is 13.6. The van der Waals surface area contributed by atoms with E-state index in [0.29, 0.717) is 18.4 Å². The Balaban J connectivity index is 0.00000288. The molecule has 0 spiro atoms. The molecule has 0 unspecified atom stereocenters. The van der Waals surface area contributed by atoms with Gasteiger partial charge in [-0.05, 0) is 18.2 Å². The van der Waals surface area contributed by atoms with E-state index in [4.69, 9.17) is 0 Å². The maximum Gasteiger partial charge on any atom is 0.191 e. The van der Waals surface area contributed by atoms with Crippen molar-refractivity contribution < 1.29 is 8.78 Å². The van der Waals surface area contributed by atoms with E-state index in [-0.39, 0.29) is 36.1 Å². The van der Waals surface area contributed by atoms with Crippen LogP contribution in [-0.2, 0) is 13.1 Å². The van der Waals surface area contributed by atoms with Crippen LogP contribution in [0.5, 0.6) is 0 Å². The van der Waals surface area contributed by atoms with E-state index >= 15 is 0 Å². The van der Waals surface area contributed by atoms with Crippen molar-refractivity contribution >= 4 is 41.3 Å². The number of thiazole rings is 1. The normalized spacial score (nSPS) is 11.3. The highest BCUT2D eigenvalue weighted by atomic mass is 127. The quantitative estimate of drug-likeness (QED) is 0.398. The average Bonchev–Trinajstić information content (AvgIpc) is 3.00. The van der Waals surface area contributed by atoms with Crippen LogP contribution in [0, 0.1) is 11.6 Å². The van der Waals surface area contributed by atoms with Crippen LogP contribution in [-0.4, -0.2) is 18.0 Å². The van der Waals surface area contributed by atoms with Gasteiger partial charge in [-0.25, -0.2) is 13.8 Å². The maximum absolute atomic E-state index is 13.6. The van der Waals surface area contributed by atoms with Crippen molar-refractivity contribution in [3.8, 4) is 0 Å². The van der Waals surface area contributed by atoms with Crippen molar-refractivity contribution in [2.45, 2.75) is 32.9 Å². The fourth-order valence-electron chi connectivity index (χ4n) is 1.92. The fourth-order valence-corrected chi connectivity index (χ4v) is 2.76. The molecule has 0 radical (unpaired) electrons. The Morgan fingerprint density at radius 1 is 1.25 bits per heavy atom. The molecule has 2 rings (SSSR count). The Labute approximate surface area is 161 Å². The molecule has 0 saturated heterocycles. The first-order valence-electron chi connectivity index (χ1n) is 7.32. The van der Waals surface area contributed by atoms with Crippen molar-refractivity contribution in [3.05, 3.63) is 51.5 Å². The standard InChI is InChI=1S/C16H20F2N4S.HI/c1-10(2)15-22-13(9-23-15)8-21-16(19-3)20-7-11-6-12(17)4-5-14(11)18;/h4-6,9-10H,7-8H2,1-3H3,(H2,19,20,21);1H. The van der Waals surface area contributed by atoms with Gasteiger partial charge in [0.25, 0.3) is 0 Å². The molecule has 132 valence electrons. The molecule has 0 bridgehead atoms. The lowest BCUT2D eigenvalue weighted by molar-refractivity contribution is 0.581. The first kappa shape index (κ1) is 20.8. The molecule has 0 atom stereocenters. The highest BCUT2D eigenvalue weighted by Crippen LogP contribution is 2.18. The highest BCUT2D eigenvalue weighted by Gasteiger charge is 2.08. The lowest BCUT2D eigenvalue weighted by Crippen LogP contribution is -2.36. The molecule has 0 aliphatic heterocycles. The summed E-state index contributed by atoms with van der Waals surface area (Å²) in [5, 5.41) is 9.16. The summed E-state index contributed by atoms with van der Waals surface area (Å²) in [6, 6.07) is 3.39. The van der Waals surface area contributed by atoms with Crippen LogP contribution < -0.4 is 10.6 Å². The van der Waals surface area contributed by atoms with Gasteiger partial charge in [0, 0.05) is 30.5 Å². The number of guanidine groups is 1. The minimum atomic E-state index is -0.463. The summed E-state index contributed by atoms with van der Waals surface area (Å²) in [6.07, 6.45) is 0. The third-order valence-electron chi connectivity index (χ3n) is 3.18. The van der Waals surface area contributed by atoms with Crippen LogP contribution in [0.3, 0.4) is 0 Å². The summed E-state index contributed by atoms with van der Waals surface area (Å²) in [5.74, 6) is 0.000150. The topological polar surface area (TPSA) is 49.3 Å². The van der Waals surface area contributed by atoms with Crippen molar-refractivity contribution in [2.24, 2.45) is 4.99 Å². The fraction of sp³-hybridized carbons (Fsp3) is 0.375. The van der Waals surface area contributed by atoms with E-state index in [0.717, 1.165) is 22.8 Å². The van der Waals surface area contributed by atoms with Crippen LogP contribution in [0.15, 0.2) is 28.6 Å². The van der Waals surface area contributed by atoms with Crippen LogP contribution >= 0.6 is 35.3 Å². The molecule has 2 N–H and O–H groups in total. The minimum Gasteiger partial charge on any atom is -0.352 e. The molecule has 24 heavy (non-hydrogen) atoms. The monoisotopic (exact) mass is 466 g/mol. The number of halogens is 3. The van der Waals surface area contributed by atoms with E-state index in [1.807, 2.05) is 5.38 Å². The molecule has 1 aromatic heterocycles. The van der Waals surface area contributed by atoms with Gasteiger partial charge in [-0.1, -0.05) is 13.8 Å². The van der Waals surface area contributed by atoms with Gasteiger partial charge in [0.1, 0.15) is 11.6 Å². The van der Waals surface area contributed by atoms with Gasteiger partial charge in [-0.15, -0.1) is 35.3 Å². The zero-order valence-electron chi connectivity index (χ0n) is 13.8. The molecular weight excluding hydrogens is 445 g/mol. The van der Waals surface area contributed by atoms with Crippen molar-refractivity contribution in [3.63, 3.8) is 0 Å². The minimum absolute atomic E-state index is 0. The van der Waals surface area contributed by atoms with Gasteiger partial charge < -0.3 is 10.6 Å². The van der Waals surface area contributed by atoms with Crippen LogP contribution in [0.1, 0.15) is 36.0 Å². The number of hydrogen-bond acceptors (Lipinski definition) is 3. The number of nitrogens with zero attached hydrogens (tertiary/aromatic N) is 2.